The Hall–Kier alpha value is -3.90. The van der Waals surface area contributed by atoms with Gasteiger partial charge in [-0.1, -0.05) is 54.1 Å². The lowest BCUT2D eigenvalue weighted by molar-refractivity contribution is 0.444. The van der Waals surface area contributed by atoms with Crippen molar-refractivity contribution < 1.29 is 0 Å². The highest BCUT2D eigenvalue weighted by Gasteiger charge is 2.19. The van der Waals surface area contributed by atoms with Crippen LogP contribution < -0.4 is 11.1 Å². The van der Waals surface area contributed by atoms with Crippen molar-refractivity contribution in [2.24, 2.45) is 5.73 Å². The van der Waals surface area contributed by atoms with Crippen LogP contribution in [-0.4, -0.2) is 47.0 Å². The second kappa shape index (κ2) is 11.2. The fourth-order valence-corrected chi connectivity index (χ4v) is 4.36. The Kier molecular flexibility index (Phi) is 7.86. The van der Waals surface area contributed by atoms with Crippen LogP contribution in [0, 0.1) is 20.8 Å². The van der Waals surface area contributed by atoms with Gasteiger partial charge in [-0.2, -0.15) is 0 Å². The number of nitrogens with two attached hydrogens (primary N) is 1. The van der Waals surface area contributed by atoms with Gasteiger partial charge in [0.1, 0.15) is 0 Å². The highest BCUT2D eigenvalue weighted by atomic mass is 15.2. The summed E-state index contributed by atoms with van der Waals surface area (Å²) in [6.07, 6.45) is 8.27. The highest BCUT2D eigenvalue weighted by molar-refractivity contribution is 5.88. The molecule has 6 heteroatoms. The van der Waals surface area contributed by atoms with E-state index in [2.05, 4.69) is 116 Å². The molecule has 2 aromatic carbocycles. The summed E-state index contributed by atoms with van der Waals surface area (Å²) in [6.45, 7) is 8.62. The number of anilines is 1. The third kappa shape index (κ3) is 6.01. The molecule has 2 heterocycles. The van der Waals surface area contributed by atoms with Crippen LogP contribution in [0.5, 0.6) is 0 Å². The average Bonchev–Trinajstić information content (AvgIpc) is 2.85. The number of aromatic nitrogens is 2. The average molecular weight is 481 g/mol. The maximum atomic E-state index is 6.82. The zero-order valence-electron chi connectivity index (χ0n) is 21.9. The minimum atomic E-state index is 0.578. The number of rotatable bonds is 8. The molecule has 0 unspecified atom stereocenters. The van der Waals surface area contributed by atoms with E-state index in [0.29, 0.717) is 18.2 Å². The molecule has 36 heavy (non-hydrogen) atoms. The monoisotopic (exact) mass is 480 g/mol. The summed E-state index contributed by atoms with van der Waals surface area (Å²) in [7, 11) is 4.16. The molecule has 0 aliphatic carbocycles. The zero-order valence-corrected chi connectivity index (χ0v) is 21.9. The van der Waals surface area contributed by atoms with Crippen molar-refractivity contribution in [2.45, 2.75) is 27.3 Å². The molecular formula is C30H36N6. The van der Waals surface area contributed by atoms with Crippen molar-refractivity contribution in [3.05, 3.63) is 112 Å². The first kappa shape index (κ1) is 25.2. The van der Waals surface area contributed by atoms with Gasteiger partial charge in [-0.3, -0.25) is 0 Å². The number of nitrogens with one attached hydrogen (secondary N) is 1. The van der Waals surface area contributed by atoms with E-state index >= 15 is 0 Å². The van der Waals surface area contributed by atoms with Crippen LogP contribution in [0.1, 0.15) is 33.5 Å². The first-order valence-electron chi connectivity index (χ1n) is 12.3. The number of aryl methyl sites for hydroxylation is 3. The predicted molar refractivity (Wildman–Crippen MR) is 150 cm³/mol. The second-order valence-electron chi connectivity index (χ2n) is 9.60. The maximum Gasteiger partial charge on any atom is 0.223 e. The molecule has 0 saturated carbocycles. The first-order chi connectivity index (χ1) is 17.3. The van der Waals surface area contributed by atoms with E-state index in [1.54, 1.807) is 6.20 Å². The van der Waals surface area contributed by atoms with Crippen molar-refractivity contribution in [2.75, 3.05) is 32.5 Å². The van der Waals surface area contributed by atoms with E-state index in [1.165, 1.54) is 27.8 Å². The molecule has 3 aromatic rings. The van der Waals surface area contributed by atoms with E-state index in [0.717, 1.165) is 30.0 Å². The summed E-state index contributed by atoms with van der Waals surface area (Å²) < 4.78 is 0. The molecule has 1 aliphatic rings. The van der Waals surface area contributed by atoms with E-state index in [9.17, 15) is 0 Å². The zero-order chi connectivity index (χ0) is 25.7. The minimum Gasteiger partial charge on any atom is -0.396 e. The van der Waals surface area contributed by atoms with Crippen LogP contribution >= 0.6 is 0 Å². The van der Waals surface area contributed by atoms with Crippen molar-refractivity contribution in [3.63, 3.8) is 0 Å². The van der Waals surface area contributed by atoms with E-state index in [1.807, 2.05) is 6.07 Å². The van der Waals surface area contributed by atoms with E-state index in [4.69, 9.17) is 10.7 Å². The molecular weight excluding hydrogens is 444 g/mol. The fourth-order valence-electron chi connectivity index (χ4n) is 4.36. The van der Waals surface area contributed by atoms with Gasteiger partial charge >= 0.3 is 0 Å². The summed E-state index contributed by atoms with van der Waals surface area (Å²) in [4.78, 5) is 13.7. The maximum absolute atomic E-state index is 6.82. The Morgan fingerprint density at radius 3 is 2.39 bits per heavy atom. The highest BCUT2D eigenvalue weighted by Crippen LogP contribution is 2.28. The number of hydrogen-bond donors (Lipinski definition) is 2. The van der Waals surface area contributed by atoms with Gasteiger partial charge in [-0.05, 0) is 74.8 Å². The Balaban J connectivity index is 1.67. The molecule has 0 radical (unpaired) electrons. The van der Waals surface area contributed by atoms with Crippen LogP contribution in [0.2, 0.25) is 0 Å². The standard InChI is InChI=1S/C30H36N6/c1-21-9-11-25(12-10-21)28(31)29(36-17-14-24(15-18-36)20-35(4)5)27-13-16-32-30(34-27)33-19-26-22(2)7-6-8-23(26)3/h6-17H,18-20,31H2,1-5H3,(H,32,33,34)/b29-28-. The van der Waals surface area contributed by atoms with Gasteiger partial charge in [0.05, 0.1) is 17.1 Å². The molecule has 3 N–H and O–H groups in total. The topological polar surface area (TPSA) is 70.3 Å². The number of nitrogens with zero attached hydrogens (tertiary/aromatic N) is 4. The lowest BCUT2D eigenvalue weighted by Crippen LogP contribution is -2.24. The van der Waals surface area contributed by atoms with Crippen molar-refractivity contribution >= 4 is 17.3 Å². The molecule has 186 valence electrons. The van der Waals surface area contributed by atoms with Gasteiger partial charge in [0.2, 0.25) is 5.95 Å². The van der Waals surface area contributed by atoms with Crippen LogP contribution in [0.3, 0.4) is 0 Å². The quantitative estimate of drug-likeness (QED) is 0.467. The Bertz CT molecular complexity index is 1280. The molecule has 0 saturated heterocycles. The number of benzene rings is 2. The fraction of sp³-hybridized carbons (Fsp3) is 0.267. The van der Waals surface area contributed by atoms with Crippen LogP contribution in [0.25, 0.3) is 11.4 Å². The van der Waals surface area contributed by atoms with Crippen LogP contribution in [-0.2, 0) is 6.54 Å². The number of likely N-dealkylation sites (N-methyl/N-ethyl adjacent to an activating group) is 1. The summed E-state index contributed by atoms with van der Waals surface area (Å²) in [5, 5.41) is 3.42. The molecule has 0 spiro atoms. The normalized spacial score (nSPS) is 14.1. The van der Waals surface area contributed by atoms with Crippen LogP contribution in [0.4, 0.5) is 5.95 Å². The first-order valence-corrected chi connectivity index (χ1v) is 12.3. The Labute approximate surface area is 214 Å². The summed E-state index contributed by atoms with van der Waals surface area (Å²) in [6, 6.07) is 16.6. The summed E-state index contributed by atoms with van der Waals surface area (Å²) in [5.74, 6) is 0.578. The molecule has 1 aromatic heterocycles. The van der Waals surface area contributed by atoms with Crippen molar-refractivity contribution in [3.8, 4) is 0 Å². The van der Waals surface area contributed by atoms with Gasteiger partial charge in [0.25, 0.3) is 0 Å². The summed E-state index contributed by atoms with van der Waals surface area (Å²) in [5.41, 5.74) is 16.4. The third-order valence-electron chi connectivity index (χ3n) is 6.39. The third-order valence-corrected chi connectivity index (χ3v) is 6.39. The second-order valence-corrected chi connectivity index (χ2v) is 9.60. The van der Waals surface area contributed by atoms with E-state index < -0.39 is 0 Å². The van der Waals surface area contributed by atoms with Gasteiger partial charge in [-0.15, -0.1) is 0 Å². The summed E-state index contributed by atoms with van der Waals surface area (Å²) >= 11 is 0. The Morgan fingerprint density at radius 1 is 1.03 bits per heavy atom. The lowest BCUT2D eigenvalue weighted by Gasteiger charge is -2.28. The van der Waals surface area contributed by atoms with Gasteiger partial charge in [0, 0.05) is 32.0 Å². The van der Waals surface area contributed by atoms with Gasteiger partial charge in [-0.25, -0.2) is 9.97 Å². The largest absolute Gasteiger partial charge is 0.396 e. The molecule has 4 rings (SSSR count). The predicted octanol–water partition coefficient (Wildman–Crippen LogP) is 5.12. The van der Waals surface area contributed by atoms with E-state index in [-0.39, 0.29) is 0 Å². The molecule has 0 fully saturated rings. The molecule has 1 aliphatic heterocycles. The smallest absolute Gasteiger partial charge is 0.223 e. The molecule has 0 bridgehead atoms. The molecule has 6 nitrogen and oxygen atoms in total. The molecule has 0 atom stereocenters. The minimum absolute atomic E-state index is 0.578. The van der Waals surface area contributed by atoms with Crippen molar-refractivity contribution in [1.29, 1.82) is 0 Å². The SMILES string of the molecule is Cc1ccc(/C(N)=C(\c2ccnc(NCc3c(C)cccc3C)n2)N2C=CC(CN(C)C)=CC2)cc1. The molecule has 0 amide bonds. The number of hydrogen-bond acceptors (Lipinski definition) is 6. The Morgan fingerprint density at radius 2 is 1.75 bits per heavy atom. The van der Waals surface area contributed by atoms with Gasteiger partial charge < -0.3 is 20.9 Å². The van der Waals surface area contributed by atoms with Crippen LogP contribution in [0.15, 0.2) is 78.7 Å². The van der Waals surface area contributed by atoms with Gasteiger partial charge in [0.15, 0.2) is 0 Å². The van der Waals surface area contributed by atoms with Crippen molar-refractivity contribution in [1.82, 2.24) is 19.8 Å². The lowest BCUT2D eigenvalue weighted by atomic mass is 10.0.